The van der Waals surface area contributed by atoms with Gasteiger partial charge in [-0.25, -0.2) is 4.79 Å². The Kier molecular flexibility index (Phi) is 6.25. The highest BCUT2D eigenvalue weighted by molar-refractivity contribution is 5.78. The van der Waals surface area contributed by atoms with Gasteiger partial charge in [0.05, 0.1) is 0 Å². The van der Waals surface area contributed by atoms with Crippen molar-refractivity contribution in [2.24, 2.45) is 5.73 Å². The Morgan fingerprint density at radius 2 is 2.00 bits per heavy atom. The average molecular weight is 303 g/mol. The minimum Gasteiger partial charge on any atom is -0.352 e. The summed E-state index contributed by atoms with van der Waals surface area (Å²) < 4.78 is 0. The number of primary amides is 1. The molecule has 1 aliphatic heterocycles. The maximum Gasteiger partial charge on any atom is 0.312 e. The quantitative estimate of drug-likeness (QED) is 0.844. The number of rotatable bonds is 6. The Morgan fingerprint density at radius 3 is 2.73 bits per heavy atom. The van der Waals surface area contributed by atoms with Gasteiger partial charge < -0.3 is 16.0 Å². The SMILES string of the molecule is NC(=O)NCCC(=O)N1CCCCC1CCc1ccccc1. The maximum atomic E-state index is 12.3. The van der Waals surface area contributed by atoms with Gasteiger partial charge >= 0.3 is 6.03 Å². The van der Waals surface area contributed by atoms with Crippen LogP contribution in [0, 0.1) is 0 Å². The van der Waals surface area contributed by atoms with Crippen LogP contribution >= 0.6 is 0 Å². The molecule has 0 aromatic heterocycles. The van der Waals surface area contributed by atoms with Gasteiger partial charge in [0, 0.05) is 25.6 Å². The van der Waals surface area contributed by atoms with Crippen LogP contribution in [0.2, 0.25) is 0 Å². The fraction of sp³-hybridized carbons (Fsp3) is 0.529. The van der Waals surface area contributed by atoms with E-state index in [9.17, 15) is 9.59 Å². The third-order valence-corrected chi connectivity index (χ3v) is 4.19. The van der Waals surface area contributed by atoms with Crippen LogP contribution in [0.4, 0.5) is 4.79 Å². The van der Waals surface area contributed by atoms with Crippen molar-refractivity contribution in [2.45, 2.75) is 44.6 Å². The molecule has 1 aliphatic rings. The molecule has 22 heavy (non-hydrogen) atoms. The van der Waals surface area contributed by atoms with Gasteiger partial charge in [-0.15, -0.1) is 0 Å². The molecule has 5 nitrogen and oxygen atoms in total. The van der Waals surface area contributed by atoms with Gasteiger partial charge in [0.15, 0.2) is 0 Å². The average Bonchev–Trinajstić information content (AvgIpc) is 2.54. The maximum absolute atomic E-state index is 12.3. The molecule has 1 unspecified atom stereocenters. The molecule has 5 heteroatoms. The number of hydrogen-bond donors (Lipinski definition) is 2. The van der Waals surface area contributed by atoms with Gasteiger partial charge in [0.1, 0.15) is 0 Å². The normalized spacial score (nSPS) is 18.0. The van der Waals surface area contributed by atoms with E-state index in [-0.39, 0.29) is 5.91 Å². The van der Waals surface area contributed by atoms with Crippen LogP contribution in [0.1, 0.15) is 37.7 Å². The molecule has 1 aromatic carbocycles. The molecule has 3 N–H and O–H groups in total. The number of piperidine rings is 1. The predicted molar refractivity (Wildman–Crippen MR) is 86.3 cm³/mol. The highest BCUT2D eigenvalue weighted by atomic mass is 16.2. The Bertz CT molecular complexity index is 490. The summed E-state index contributed by atoms with van der Waals surface area (Å²) in [6.07, 6.45) is 5.64. The van der Waals surface area contributed by atoms with Crippen molar-refractivity contribution in [3.05, 3.63) is 35.9 Å². The van der Waals surface area contributed by atoms with Gasteiger partial charge in [0.25, 0.3) is 0 Å². The summed E-state index contributed by atoms with van der Waals surface area (Å²) in [6, 6.07) is 10.1. The molecule has 1 aromatic rings. The zero-order chi connectivity index (χ0) is 15.8. The van der Waals surface area contributed by atoms with E-state index < -0.39 is 6.03 Å². The number of nitrogens with one attached hydrogen (secondary N) is 1. The summed E-state index contributed by atoms with van der Waals surface area (Å²) in [5.74, 6) is 0.117. The third kappa shape index (κ3) is 5.06. The monoisotopic (exact) mass is 303 g/mol. The number of likely N-dealkylation sites (tertiary alicyclic amines) is 1. The molecule has 1 heterocycles. The number of nitrogens with two attached hydrogens (primary N) is 1. The molecule has 0 bridgehead atoms. The molecule has 2 rings (SSSR count). The lowest BCUT2D eigenvalue weighted by Crippen LogP contribution is -2.45. The lowest BCUT2D eigenvalue weighted by Gasteiger charge is -2.36. The molecule has 120 valence electrons. The number of aryl methyl sites for hydroxylation is 1. The Labute approximate surface area is 131 Å². The number of carbonyl (C=O) groups excluding carboxylic acids is 2. The first kappa shape index (κ1) is 16.3. The number of urea groups is 1. The molecule has 1 atom stereocenters. The van der Waals surface area contributed by atoms with Crippen LogP contribution in [0.15, 0.2) is 30.3 Å². The molecule has 0 saturated carbocycles. The molecular weight excluding hydrogens is 278 g/mol. The van der Waals surface area contributed by atoms with Crippen LogP contribution in [-0.4, -0.2) is 36.0 Å². The van der Waals surface area contributed by atoms with Crippen molar-refractivity contribution >= 4 is 11.9 Å². The summed E-state index contributed by atoms with van der Waals surface area (Å²) in [5, 5.41) is 2.48. The fourth-order valence-corrected chi connectivity index (χ4v) is 3.04. The molecular formula is C17H25N3O2. The summed E-state index contributed by atoms with van der Waals surface area (Å²) in [4.78, 5) is 25.0. The first-order valence-corrected chi connectivity index (χ1v) is 8.03. The minimum absolute atomic E-state index is 0.117. The number of amides is 3. The van der Waals surface area contributed by atoms with Crippen molar-refractivity contribution < 1.29 is 9.59 Å². The van der Waals surface area contributed by atoms with Crippen LogP contribution in [-0.2, 0) is 11.2 Å². The van der Waals surface area contributed by atoms with Gasteiger partial charge in [-0.1, -0.05) is 30.3 Å². The largest absolute Gasteiger partial charge is 0.352 e. The van der Waals surface area contributed by atoms with E-state index in [2.05, 4.69) is 29.6 Å². The van der Waals surface area contributed by atoms with E-state index in [1.54, 1.807) is 0 Å². The zero-order valence-electron chi connectivity index (χ0n) is 13.0. The summed E-state index contributed by atoms with van der Waals surface area (Å²) in [5.41, 5.74) is 6.34. The van der Waals surface area contributed by atoms with E-state index in [0.29, 0.717) is 19.0 Å². The van der Waals surface area contributed by atoms with Crippen LogP contribution in [0.3, 0.4) is 0 Å². The van der Waals surface area contributed by atoms with E-state index >= 15 is 0 Å². The highest BCUT2D eigenvalue weighted by Crippen LogP contribution is 2.22. The summed E-state index contributed by atoms with van der Waals surface area (Å²) >= 11 is 0. The van der Waals surface area contributed by atoms with Crippen molar-refractivity contribution in [1.29, 1.82) is 0 Å². The second-order valence-corrected chi connectivity index (χ2v) is 5.80. The second kappa shape index (κ2) is 8.41. The Hall–Kier alpha value is -2.04. The molecule has 0 aliphatic carbocycles. The zero-order valence-corrected chi connectivity index (χ0v) is 13.0. The standard InChI is InChI=1S/C17H25N3O2/c18-17(22)19-12-11-16(21)20-13-5-4-8-15(20)10-9-14-6-2-1-3-7-14/h1-3,6-7,15H,4-5,8-13H2,(H3,18,19,22). The lowest BCUT2D eigenvalue weighted by molar-refractivity contribution is -0.134. The molecule has 1 fully saturated rings. The first-order chi connectivity index (χ1) is 10.7. The highest BCUT2D eigenvalue weighted by Gasteiger charge is 2.25. The smallest absolute Gasteiger partial charge is 0.312 e. The van der Waals surface area contributed by atoms with Crippen LogP contribution in [0.5, 0.6) is 0 Å². The van der Waals surface area contributed by atoms with Gasteiger partial charge in [-0.2, -0.15) is 0 Å². The predicted octanol–water partition coefficient (Wildman–Crippen LogP) is 2.06. The van der Waals surface area contributed by atoms with Crippen LogP contribution in [0.25, 0.3) is 0 Å². The minimum atomic E-state index is -0.577. The molecule has 0 spiro atoms. The third-order valence-electron chi connectivity index (χ3n) is 4.19. The van der Waals surface area contributed by atoms with E-state index in [1.165, 1.54) is 12.0 Å². The van der Waals surface area contributed by atoms with Crippen molar-refractivity contribution in [1.82, 2.24) is 10.2 Å². The molecule has 0 radical (unpaired) electrons. The van der Waals surface area contributed by atoms with Gasteiger partial charge in [0.2, 0.25) is 5.91 Å². The second-order valence-electron chi connectivity index (χ2n) is 5.80. The number of hydrogen-bond acceptors (Lipinski definition) is 2. The van der Waals surface area contributed by atoms with Crippen LogP contribution < -0.4 is 11.1 Å². The summed E-state index contributed by atoms with van der Waals surface area (Å²) in [7, 11) is 0. The Balaban J connectivity index is 1.84. The van der Waals surface area contributed by atoms with Crippen molar-refractivity contribution in [3.63, 3.8) is 0 Å². The topological polar surface area (TPSA) is 75.4 Å². The van der Waals surface area contributed by atoms with E-state index in [1.807, 2.05) is 11.0 Å². The van der Waals surface area contributed by atoms with Crippen molar-refractivity contribution in [2.75, 3.05) is 13.1 Å². The first-order valence-electron chi connectivity index (χ1n) is 8.03. The van der Waals surface area contributed by atoms with Gasteiger partial charge in [-0.05, 0) is 37.7 Å². The number of carbonyl (C=O) groups is 2. The Morgan fingerprint density at radius 1 is 1.23 bits per heavy atom. The van der Waals surface area contributed by atoms with E-state index in [0.717, 1.165) is 32.2 Å². The van der Waals surface area contributed by atoms with Crippen molar-refractivity contribution in [3.8, 4) is 0 Å². The molecule has 1 saturated heterocycles. The van der Waals surface area contributed by atoms with Gasteiger partial charge in [-0.3, -0.25) is 4.79 Å². The summed E-state index contributed by atoms with van der Waals surface area (Å²) in [6.45, 7) is 1.14. The fourth-order valence-electron chi connectivity index (χ4n) is 3.04. The van der Waals surface area contributed by atoms with E-state index in [4.69, 9.17) is 5.73 Å². The molecule has 3 amide bonds. The number of benzene rings is 1. The lowest BCUT2D eigenvalue weighted by atomic mass is 9.95. The number of nitrogens with zero attached hydrogens (tertiary/aromatic N) is 1.